The second kappa shape index (κ2) is 8.52. The third-order valence-corrected chi connectivity index (χ3v) is 5.96. The van der Waals surface area contributed by atoms with E-state index >= 15 is 0 Å². The van der Waals surface area contributed by atoms with Crippen molar-refractivity contribution in [2.24, 2.45) is 5.92 Å². The highest BCUT2D eigenvalue weighted by atomic mass is 32.1. The summed E-state index contributed by atoms with van der Waals surface area (Å²) in [5.74, 6) is -0.387. The van der Waals surface area contributed by atoms with Crippen LogP contribution < -0.4 is 10.2 Å². The Kier molecular flexibility index (Phi) is 5.66. The first-order valence-electron chi connectivity index (χ1n) is 9.33. The third kappa shape index (κ3) is 4.51. The molecule has 0 amide bonds. The first-order valence-corrected chi connectivity index (χ1v) is 10.1. The normalized spacial score (nSPS) is 15.8. The van der Waals surface area contributed by atoms with E-state index in [1.54, 1.807) is 12.4 Å². The number of carboxylic acid groups (broad SMARTS) is 1. The lowest BCUT2D eigenvalue weighted by Gasteiger charge is -2.32. The summed E-state index contributed by atoms with van der Waals surface area (Å²) in [4.78, 5) is 27.2. The molecule has 0 aliphatic carbocycles. The van der Waals surface area contributed by atoms with Crippen molar-refractivity contribution < 1.29 is 14.3 Å². The lowest BCUT2D eigenvalue weighted by molar-refractivity contribution is -0.145. The SMILES string of the molecule is O=C(O)C(F)C1CCN(c2ncc(-c3cccc(Nc4ccccn4)n3)s2)CC1. The van der Waals surface area contributed by atoms with Crippen LogP contribution in [0.2, 0.25) is 0 Å². The van der Waals surface area contributed by atoms with Gasteiger partial charge in [0.2, 0.25) is 0 Å². The van der Waals surface area contributed by atoms with E-state index in [4.69, 9.17) is 5.11 Å². The average Bonchev–Trinajstić information content (AvgIpc) is 3.24. The zero-order valence-electron chi connectivity index (χ0n) is 15.5. The van der Waals surface area contributed by atoms with Crippen LogP contribution >= 0.6 is 11.3 Å². The summed E-state index contributed by atoms with van der Waals surface area (Å²) in [7, 11) is 0. The van der Waals surface area contributed by atoms with Gasteiger partial charge in [-0.15, -0.1) is 0 Å². The number of nitrogens with zero attached hydrogens (tertiary/aromatic N) is 4. The van der Waals surface area contributed by atoms with E-state index in [1.807, 2.05) is 36.4 Å². The van der Waals surface area contributed by atoms with Gasteiger partial charge < -0.3 is 15.3 Å². The van der Waals surface area contributed by atoms with Gasteiger partial charge in [-0.25, -0.2) is 24.1 Å². The molecule has 0 saturated carbocycles. The number of nitrogens with one attached hydrogen (secondary N) is 1. The topological polar surface area (TPSA) is 91.2 Å². The van der Waals surface area contributed by atoms with Gasteiger partial charge in [-0.2, -0.15) is 0 Å². The van der Waals surface area contributed by atoms with Gasteiger partial charge in [-0.3, -0.25) is 0 Å². The van der Waals surface area contributed by atoms with Gasteiger partial charge in [-0.1, -0.05) is 23.5 Å². The highest BCUT2D eigenvalue weighted by Crippen LogP contribution is 2.33. The molecule has 3 aromatic heterocycles. The number of carboxylic acids is 1. The van der Waals surface area contributed by atoms with Crippen molar-refractivity contribution in [3.05, 3.63) is 48.8 Å². The third-order valence-electron chi connectivity index (χ3n) is 4.88. The van der Waals surface area contributed by atoms with E-state index in [9.17, 15) is 9.18 Å². The zero-order valence-corrected chi connectivity index (χ0v) is 16.3. The van der Waals surface area contributed by atoms with Crippen molar-refractivity contribution in [2.75, 3.05) is 23.3 Å². The Hall–Kier alpha value is -3.07. The number of aromatic nitrogens is 3. The highest BCUT2D eigenvalue weighted by molar-refractivity contribution is 7.18. The Morgan fingerprint density at radius 1 is 1.17 bits per heavy atom. The maximum absolute atomic E-state index is 13.7. The first kappa shape index (κ1) is 19.3. The van der Waals surface area contributed by atoms with Gasteiger partial charge in [0.1, 0.15) is 11.6 Å². The number of carbonyl (C=O) groups is 1. The van der Waals surface area contributed by atoms with Crippen molar-refractivity contribution in [3.8, 4) is 10.6 Å². The molecular formula is C20H20FN5O2S. The standard InChI is InChI=1S/C20H20FN5O2S/c21-18(19(27)28)13-7-10-26(11-8-13)20-23-12-15(29-20)14-4-3-6-17(24-14)25-16-5-1-2-9-22-16/h1-6,9,12-13,18H,7-8,10-11H2,(H,27,28)(H,22,24,25). The summed E-state index contributed by atoms with van der Waals surface area (Å²) >= 11 is 1.52. The van der Waals surface area contributed by atoms with Gasteiger partial charge >= 0.3 is 5.97 Å². The monoisotopic (exact) mass is 413 g/mol. The number of anilines is 3. The minimum absolute atomic E-state index is 0.431. The molecular weight excluding hydrogens is 393 g/mol. The molecule has 1 unspecified atom stereocenters. The van der Waals surface area contributed by atoms with E-state index in [2.05, 4.69) is 25.2 Å². The van der Waals surface area contributed by atoms with Crippen LogP contribution in [0.5, 0.6) is 0 Å². The van der Waals surface area contributed by atoms with Crippen LogP contribution in [0.15, 0.2) is 48.8 Å². The molecule has 1 atom stereocenters. The van der Waals surface area contributed by atoms with Crippen LogP contribution in [0, 0.1) is 5.92 Å². The van der Waals surface area contributed by atoms with Crippen molar-refractivity contribution in [1.82, 2.24) is 15.0 Å². The van der Waals surface area contributed by atoms with E-state index in [0.29, 0.717) is 31.7 Å². The number of alkyl halides is 1. The smallest absolute Gasteiger partial charge is 0.338 e. The molecule has 2 N–H and O–H groups in total. The van der Waals surface area contributed by atoms with E-state index in [0.717, 1.165) is 21.5 Å². The van der Waals surface area contributed by atoms with E-state index < -0.39 is 18.1 Å². The number of pyridine rings is 2. The van der Waals surface area contributed by atoms with Gasteiger partial charge in [0.25, 0.3) is 0 Å². The Morgan fingerprint density at radius 2 is 1.97 bits per heavy atom. The van der Waals surface area contributed by atoms with Crippen LogP contribution in [0.25, 0.3) is 10.6 Å². The molecule has 0 aromatic carbocycles. The predicted molar refractivity (Wildman–Crippen MR) is 110 cm³/mol. The molecule has 0 radical (unpaired) electrons. The van der Waals surface area contributed by atoms with Gasteiger partial charge in [-0.05, 0) is 37.1 Å². The van der Waals surface area contributed by atoms with Crippen LogP contribution in [0.1, 0.15) is 12.8 Å². The minimum Gasteiger partial charge on any atom is -0.479 e. The van der Waals surface area contributed by atoms with Crippen LogP contribution in [0.4, 0.5) is 21.2 Å². The lowest BCUT2D eigenvalue weighted by atomic mass is 9.92. The highest BCUT2D eigenvalue weighted by Gasteiger charge is 2.31. The molecule has 9 heteroatoms. The minimum atomic E-state index is -1.79. The molecule has 4 heterocycles. The van der Waals surface area contributed by atoms with Crippen LogP contribution in [0.3, 0.4) is 0 Å². The maximum atomic E-state index is 13.7. The molecule has 3 aromatic rings. The number of hydrogen-bond donors (Lipinski definition) is 2. The lowest BCUT2D eigenvalue weighted by Crippen LogP contribution is -2.38. The molecule has 150 valence electrons. The summed E-state index contributed by atoms with van der Waals surface area (Å²) in [5, 5.41) is 12.9. The number of rotatable bonds is 6. The van der Waals surface area contributed by atoms with E-state index in [1.165, 1.54) is 11.3 Å². The second-order valence-electron chi connectivity index (χ2n) is 6.82. The number of aliphatic carboxylic acids is 1. The molecule has 0 bridgehead atoms. The number of piperidine rings is 1. The molecule has 1 aliphatic rings. The van der Waals surface area contributed by atoms with E-state index in [-0.39, 0.29) is 0 Å². The van der Waals surface area contributed by atoms with Crippen molar-refractivity contribution >= 4 is 34.1 Å². The predicted octanol–water partition coefficient (Wildman–Crippen LogP) is 3.98. The zero-order chi connectivity index (χ0) is 20.2. The summed E-state index contributed by atoms with van der Waals surface area (Å²) < 4.78 is 13.7. The number of halogens is 1. The molecule has 0 spiro atoms. The quantitative estimate of drug-likeness (QED) is 0.631. The van der Waals surface area contributed by atoms with Crippen LogP contribution in [-0.4, -0.2) is 45.3 Å². The fourth-order valence-electron chi connectivity index (χ4n) is 3.32. The van der Waals surface area contributed by atoms with Crippen molar-refractivity contribution in [1.29, 1.82) is 0 Å². The maximum Gasteiger partial charge on any atom is 0.338 e. The Bertz CT molecular complexity index is 976. The van der Waals surface area contributed by atoms with Gasteiger partial charge in [0.15, 0.2) is 11.3 Å². The average molecular weight is 413 g/mol. The molecule has 7 nitrogen and oxygen atoms in total. The largest absolute Gasteiger partial charge is 0.479 e. The summed E-state index contributed by atoms with van der Waals surface area (Å²) in [5.41, 5.74) is 0.805. The fraction of sp³-hybridized carbons (Fsp3) is 0.300. The van der Waals surface area contributed by atoms with Crippen molar-refractivity contribution in [2.45, 2.75) is 19.0 Å². The van der Waals surface area contributed by atoms with Crippen LogP contribution in [-0.2, 0) is 4.79 Å². The Morgan fingerprint density at radius 3 is 2.69 bits per heavy atom. The molecule has 4 rings (SSSR count). The first-order chi connectivity index (χ1) is 14.1. The molecule has 1 aliphatic heterocycles. The number of hydrogen-bond acceptors (Lipinski definition) is 7. The fourth-order valence-corrected chi connectivity index (χ4v) is 4.26. The molecule has 1 fully saturated rings. The van der Waals surface area contributed by atoms with Crippen molar-refractivity contribution in [3.63, 3.8) is 0 Å². The summed E-state index contributed by atoms with van der Waals surface area (Å²) in [6.45, 7) is 1.19. The summed E-state index contributed by atoms with van der Waals surface area (Å²) in [6.07, 6.45) is 2.72. The number of thiazole rings is 1. The Labute approximate surface area is 171 Å². The second-order valence-corrected chi connectivity index (χ2v) is 7.83. The Balaban J connectivity index is 1.43. The molecule has 1 saturated heterocycles. The van der Waals surface area contributed by atoms with Gasteiger partial charge in [0, 0.05) is 31.4 Å². The van der Waals surface area contributed by atoms with Gasteiger partial charge in [0.05, 0.1) is 10.6 Å². The molecule has 29 heavy (non-hydrogen) atoms. The summed E-state index contributed by atoms with van der Waals surface area (Å²) in [6, 6.07) is 11.3.